The summed E-state index contributed by atoms with van der Waals surface area (Å²) in [6, 6.07) is 14.0. The number of hydrogen-bond donors (Lipinski definition) is 0. The molecule has 142 valence electrons. The highest BCUT2D eigenvalue weighted by Gasteiger charge is 2.52. The zero-order valence-electron chi connectivity index (χ0n) is 14.6. The van der Waals surface area contributed by atoms with Gasteiger partial charge in [-0.1, -0.05) is 41.9 Å². The van der Waals surface area contributed by atoms with Crippen molar-refractivity contribution in [2.24, 2.45) is 5.41 Å². The van der Waals surface area contributed by atoms with Crippen LogP contribution in [0.15, 0.2) is 48.5 Å². The Kier molecular flexibility index (Phi) is 5.33. The van der Waals surface area contributed by atoms with Gasteiger partial charge in [0.1, 0.15) is 0 Å². The molecule has 0 spiro atoms. The zero-order valence-corrected chi connectivity index (χ0v) is 17.5. The lowest BCUT2D eigenvalue weighted by molar-refractivity contribution is -0.158. The number of carbonyl (C=O) groups is 1. The molecule has 0 bridgehead atoms. The fourth-order valence-electron chi connectivity index (χ4n) is 3.54. The molecule has 3 rings (SSSR count). The van der Waals surface area contributed by atoms with Gasteiger partial charge in [-0.3, -0.25) is 4.79 Å². The maximum Gasteiger partial charge on any atom is 0.390 e. The molecule has 2 nitrogen and oxygen atoms in total. The smallest absolute Gasteiger partial charge is 0.314 e. The van der Waals surface area contributed by atoms with Crippen molar-refractivity contribution < 1.29 is 18.0 Å². The average molecular weight is 506 g/mol. The molecule has 0 N–H and O–H groups in total. The Bertz CT molecular complexity index is 927. The van der Waals surface area contributed by atoms with E-state index in [1.165, 1.54) is 18.9 Å². The Morgan fingerprint density at radius 1 is 1.19 bits per heavy atom. The molecule has 0 unspecified atom stereocenters. The molecule has 0 aromatic heterocycles. The highest BCUT2D eigenvalue weighted by Crippen LogP contribution is 2.55. The third-order valence-electron chi connectivity index (χ3n) is 4.72. The summed E-state index contributed by atoms with van der Waals surface area (Å²) in [5, 5.41) is 0.403. The second-order valence-electron chi connectivity index (χ2n) is 6.70. The van der Waals surface area contributed by atoms with Gasteiger partial charge in [0, 0.05) is 21.2 Å². The molecule has 0 radical (unpaired) electrons. The van der Waals surface area contributed by atoms with E-state index in [1.807, 2.05) is 52.9 Å². The lowest BCUT2D eigenvalue weighted by atomic mass is 9.71. The van der Waals surface area contributed by atoms with E-state index in [0.29, 0.717) is 25.4 Å². The van der Waals surface area contributed by atoms with Gasteiger partial charge in [-0.2, -0.15) is 13.2 Å². The summed E-state index contributed by atoms with van der Waals surface area (Å²) in [4.78, 5) is 14.4. The molecule has 2 aromatic carbocycles. The van der Waals surface area contributed by atoms with Gasteiger partial charge in [0.05, 0.1) is 17.5 Å². The fraction of sp³-hybridized carbons (Fsp3) is 0.250. The molecule has 2 aromatic rings. The molecule has 27 heavy (non-hydrogen) atoms. The number of amides is 1. The van der Waals surface area contributed by atoms with Gasteiger partial charge in [-0.05, 0) is 58.9 Å². The lowest BCUT2D eigenvalue weighted by Crippen LogP contribution is -2.47. The largest absolute Gasteiger partial charge is 0.390 e. The molecule has 1 aliphatic rings. The fourth-order valence-corrected chi connectivity index (χ4v) is 4.96. The number of halogens is 5. The summed E-state index contributed by atoms with van der Waals surface area (Å²) in [6.45, 7) is 1.36. The van der Waals surface area contributed by atoms with Gasteiger partial charge in [0.25, 0.3) is 0 Å². The second-order valence-corrected chi connectivity index (χ2v) is 8.22. The van der Waals surface area contributed by atoms with E-state index >= 15 is 0 Å². The van der Waals surface area contributed by atoms with E-state index < -0.39 is 23.9 Å². The van der Waals surface area contributed by atoms with Crippen molar-refractivity contribution in [2.45, 2.75) is 19.5 Å². The molecule has 7 heteroatoms. The maximum absolute atomic E-state index is 13.5. The number of benzene rings is 2. The van der Waals surface area contributed by atoms with E-state index in [-0.39, 0.29) is 0 Å². The monoisotopic (exact) mass is 505 g/mol. The van der Waals surface area contributed by atoms with E-state index in [4.69, 9.17) is 11.6 Å². The van der Waals surface area contributed by atoms with Crippen molar-refractivity contribution in [3.05, 3.63) is 64.7 Å². The minimum Gasteiger partial charge on any atom is -0.314 e. The minimum atomic E-state index is -4.50. The third-order valence-corrected chi connectivity index (χ3v) is 6.12. The maximum atomic E-state index is 13.5. The average Bonchev–Trinajstić information content (AvgIpc) is 2.59. The van der Waals surface area contributed by atoms with Crippen LogP contribution in [0.25, 0.3) is 9.15 Å². The molecule has 1 amide bonds. The molecule has 0 aliphatic carbocycles. The Hall–Kier alpha value is -1.54. The highest BCUT2D eigenvalue weighted by atomic mass is 127. The van der Waals surface area contributed by atoms with Gasteiger partial charge in [0.2, 0.25) is 5.91 Å². The Labute approximate surface area is 174 Å². The SMILES string of the molecule is CN1C(=O)[C@](C)(CC(F)(F)F)/C(=C(/I)c2ccccc2)c2cc(Cl)ccc21. The Morgan fingerprint density at radius 2 is 1.81 bits per heavy atom. The number of nitrogens with zero attached hydrogens (tertiary/aromatic N) is 1. The van der Waals surface area contributed by atoms with Crippen LogP contribution in [0.3, 0.4) is 0 Å². The van der Waals surface area contributed by atoms with Crippen LogP contribution in [0.2, 0.25) is 5.02 Å². The van der Waals surface area contributed by atoms with Crippen LogP contribution in [0.4, 0.5) is 18.9 Å². The minimum absolute atomic E-state index is 0.354. The standard InChI is InChI=1S/C20H16ClF3INO/c1-19(11-20(22,23)24)16(17(25)12-6-4-3-5-7-12)14-10-13(21)8-9-15(14)26(2)18(19)27/h3-10H,11H2,1-2H3/b17-16+/t19-/m1/s1. The molecule has 0 fully saturated rings. The molecule has 0 saturated heterocycles. The zero-order chi connectivity index (χ0) is 20.0. The Morgan fingerprint density at radius 3 is 2.41 bits per heavy atom. The summed E-state index contributed by atoms with van der Waals surface area (Å²) in [6.07, 6.45) is -5.75. The van der Waals surface area contributed by atoms with Gasteiger partial charge in [-0.25, -0.2) is 0 Å². The van der Waals surface area contributed by atoms with Crippen LogP contribution in [0.1, 0.15) is 24.5 Å². The van der Waals surface area contributed by atoms with Crippen molar-refractivity contribution in [3.8, 4) is 0 Å². The number of fused-ring (bicyclic) bond motifs is 1. The lowest BCUT2D eigenvalue weighted by Gasteiger charge is -2.42. The second kappa shape index (κ2) is 7.13. The summed E-state index contributed by atoms with van der Waals surface area (Å²) in [5.74, 6) is -0.588. The first kappa shape index (κ1) is 20.2. The van der Waals surface area contributed by atoms with Crippen LogP contribution in [-0.2, 0) is 4.79 Å². The predicted octanol–water partition coefficient (Wildman–Crippen LogP) is 6.58. The number of rotatable bonds is 2. The van der Waals surface area contributed by atoms with E-state index in [1.54, 1.807) is 18.2 Å². The van der Waals surface area contributed by atoms with Gasteiger partial charge >= 0.3 is 6.18 Å². The van der Waals surface area contributed by atoms with Gasteiger partial charge in [0.15, 0.2) is 0 Å². The topological polar surface area (TPSA) is 20.3 Å². The van der Waals surface area contributed by atoms with E-state index in [0.717, 1.165) is 5.56 Å². The Balaban J connectivity index is 2.37. The third kappa shape index (κ3) is 3.74. The predicted molar refractivity (Wildman–Crippen MR) is 111 cm³/mol. The van der Waals surface area contributed by atoms with Crippen LogP contribution in [0, 0.1) is 5.41 Å². The van der Waals surface area contributed by atoms with E-state index in [9.17, 15) is 18.0 Å². The number of carbonyl (C=O) groups excluding carboxylic acids is 1. The quantitative estimate of drug-likeness (QED) is 0.422. The molecule has 1 aliphatic heterocycles. The summed E-state index contributed by atoms with van der Waals surface area (Å²) < 4.78 is 41.0. The van der Waals surface area contributed by atoms with Crippen molar-refractivity contribution in [1.82, 2.24) is 0 Å². The van der Waals surface area contributed by atoms with Crippen LogP contribution < -0.4 is 4.90 Å². The van der Waals surface area contributed by atoms with Crippen molar-refractivity contribution >= 4 is 54.9 Å². The highest BCUT2D eigenvalue weighted by molar-refractivity contribution is 14.1. The van der Waals surface area contributed by atoms with Crippen molar-refractivity contribution in [3.63, 3.8) is 0 Å². The molecular formula is C20H16ClF3INO. The molecular weight excluding hydrogens is 490 g/mol. The van der Waals surface area contributed by atoms with Gasteiger partial charge in [-0.15, -0.1) is 0 Å². The normalized spacial score (nSPS) is 21.9. The number of alkyl halides is 3. The van der Waals surface area contributed by atoms with Crippen LogP contribution in [-0.4, -0.2) is 19.1 Å². The van der Waals surface area contributed by atoms with E-state index in [2.05, 4.69) is 0 Å². The molecule has 1 atom stereocenters. The molecule has 0 saturated carbocycles. The first-order valence-electron chi connectivity index (χ1n) is 8.15. The number of hydrogen-bond acceptors (Lipinski definition) is 1. The summed E-state index contributed by atoms with van der Waals surface area (Å²) in [7, 11) is 1.50. The summed E-state index contributed by atoms with van der Waals surface area (Å²) >= 11 is 8.18. The van der Waals surface area contributed by atoms with Gasteiger partial charge < -0.3 is 4.90 Å². The van der Waals surface area contributed by atoms with Crippen LogP contribution in [0.5, 0.6) is 0 Å². The first-order chi connectivity index (χ1) is 12.5. The van der Waals surface area contributed by atoms with Crippen LogP contribution >= 0.6 is 34.2 Å². The number of anilines is 1. The van der Waals surface area contributed by atoms with Crippen molar-refractivity contribution in [2.75, 3.05) is 11.9 Å². The van der Waals surface area contributed by atoms with Crippen molar-refractivity contribution in [1.29, 1.82) is 0 Å². The summed E-state index contributed by atoms with van der Waals surface area (Å²) in [5.41, 5.74) is 0.447. The molecule has 1 heterocycles. The first-order valence-corrected chi connectivity index (χ1v) is 9.61.